The van der Waals surface area contributed by atoms with Gasteiger partial charge in [-0.1, -0.05) is 30.4 Å². The maximum atomic E-state index is 12.3. The first-order chi connectivity index (χ1) is 12.7. The molecule has 0 amide bonds. The lowest BCUT2D eigenvalue weighted by atomic mass is 10.0. The first-order valence-corrected chi connectivity index (χ1v) is 8.59. The number of esters is 1. The number of hydrogen-bond acceptors (Lipinski definition) is 5. The van der Waals surface area contributed by atoms with E-state index in [9.17, 15) is 4.79 Å². The normalized spacial score (nSPS) is 14.5. The fourth-order valence-corrected chi connectivity index (χ4v) is 3.02. The number of rotatable bonds is 5. The van der Waals surface area contributed by atoms with E-state index in [2.05, 4.69) is 4.90 Å². The zero-order valence-electron chi connectivity index (χ0n) is 15.1. The first kappa shape index (κ1) is 18.0. The summed E-state index contributed by atoms with van der Waals surface area (Å²) in [6, 6.07) is 13.5. The second kappa shape index (κ2) is 8.54. The maximum absolute atomic E-state index is 12.3. The minimum absolute atomic E-state index is 0.342. The Hall–Kier alpha value is -2.79. The van der Waals surface area contributed by atoms with Crippen LogP contribution in [0.2, 0.25) is 0 Å². The Morgan fingerprint density at radius 1 is 1.08 bits per heavy atom. The number of anilines is 1. The average Bonchev–Trinajstić information content (AvgIpc) is 2.72. The SMILES string of the molecule is COC(=O)c1cccc(N2CCOCC2)c1C=Cc1cccc(OC)c1. The minimum Gasteiger partial charge on any atom is -0.497 e. The molecule has 5 nitrogen and oxygen atoms in total. The van der Waals surface area contributed by atoms with Crippen molar-refractivity contribution >= 4 is 23.8 Å². The van der Waals surface area contributed by atoms with Gasteiger partial charge in [0.05, 0.1) is 33.0 Å². The topological polar surface area (TPSA) is 48.0 Å². The largest absolute Gasteiger partial charge is 0.497 e. The molecule has 1 heterocycles. The Morgan fingerprint density at radius 2 is 1.85 bits per heavy atom. The van der Waals surface area contributed by atoms with Gasteiger partial charge in [-0.05, 0) is 29.8 Å². The van der Waals surface area contributed by atoms with Gasteiger partial charge < -0.3 is 19.1 Å². The van der Waals surface area contributed by atoms with Crippen LogP contribution in [0.15, 0.2) is 42.5 Å². The van der Waals surface area contributed by atoms with Gasteiger partial charge >= 0.3 is 5.97 Å². The van der Waals surface area contributed by atoms with Crippen LogP contribution in [0.25, 0.3) is 12.2 Å². The summed E-state index contributed by atoms with van der Waals surface area (Å²) in [6.45, 7) is 2.96. The highest BCUT2D eigenvalue weighted by Crippen LogP contribution is 2.28. The molecule has 1 fully saturated rings. The smallest absolute Gasteiger partial charge is 0.338 e. The molecule has 0 spiro atoms. The van der Waals surface area contributed by atoms with Crippen LogP contribution in [0.4, 0.5) is 5.69 Å². The van der Waals surface area contributed by atoms with Gasteiger partial charge in [0.15, 0.2) is 0 Å². The van der Waals surface area contributed by atoms with Crippen LogP contribution >= 0.6 is 0 Å². The number of ether oxygens (including phenoxy) is 3. The molecule has 1 saturated heterocycles. The van der Waals surface area contributed by atoms with Crippen molar-refractivity contribution in [3.8, 4) is 5.75 Å². The van der Waals surface area contributed by atoms with Crippen LogP contribution in [-0.4, -0.2) is 46.5 Å². The van der Waals surface area contributed by atoms with Crippen molar-refractivity contribution in [1.29, 1.82) is 0 Å². The van der Waals surface area contributed by atoms with E-state index >= 15 is 0 Å². The van der Waals surface area contributed by atoms with E-state index in [1.165, 1.54) is 7.11 Å². The molecule has 2 aromatic carbocycles. The predicted octanol–water partition coefficient (Wildman–Crippen LogP) is 3.49. The number of carbonyl (C=O) groups excluding carboxylic acids is 1. The molecule has 2 aromatic rings. The van der Waals surface area contributed by atoms with E-state index in [-0.39, 0.29) is 5.97 Å². The number of hydrogen-bond donors (Lipinski definition) is 0. The van der Waals surface area contributed by atoms with Gasteiger partial charge in [0.2, 0.25) is 0 Å². The molecule has 1 aliphatic heterocycles. The summed E-state index contributed by atoms with van der Waals surface area (Å²) in [5.41, 5.74) is 3.41. The van der Waals surface area contributed by atoms with E-state index in [4.69, 9.17) is 14.2 Å². The fourth-order valence-electron chi connectivity index (χ4n) is 3.02. The third-order valence-corrected chi connectivity index (χ3v) is 4.38. The summed E-state index contributed by atoms with van der Waals surface area (Å²) < 4.78 is 15.7. The molecule has 0 atom stereocenters. The summed E-state index contributed by atoms with van der Waals surface area (Å²) in [6.07, 6.45) is 3.94. The van der Waals surface area contributed by atoms with Crippen molar-refractivity contribution in [3.05, 3.63) is 59.2 Å². The van der Waals surface area contributed by atoms with E-state index in [0.717, 1.165) is 35.7 Å². The lowest BCUT2D eigenvalue weighted by molar-refractivity contribution is 0.0600. The zero-order valence-corrected chi connectivity index (χ0v) is 15.1. The van der Waals surface area contributed by atoms with Crippen LogP contribution in [0, 0.1) is 0 Å². The summed E-state index contributed by atoms with van der Waals surface area (Å²) in [5.74, 6) is 0.451. The van der Waals surface area contributed by atoms with Crippen molar-refractivity contribution in [2.75, 3.05) is 45.4 Å². The quantitative estimate of drug-likeness (QED) is 0.608. The van der Waals surface area contributed by atoms with Crippen molar-refractivity contribution in [2.24, 2.45) is 0 Å². The van der Waals surface area contributed by atoms with Crippen molar-refractivity contribution in [3.63, 3.8) is 0 Å². The fraction of sp³-hybridized carbons (Fsp3) is 0.286. The summed E-state index contributed by atoms with van der Waals surface area (Å²) in [5, 5.41) is 0. The average molecular weight is 353 g/mol. The highest BCUT2D eigenvalue weighted by molar-refractivity contribution is 5.97. The number of benzene rings is 2. The van der Waals surface area contributed by atoms with Crippen molar-refractivity contribution in [1.82, 2.24) is 0 Å². The van der Waals surface area contributed by atoms with Crippen LogP contribution in [0.5, 0.6) is 5.75 Å². The van der Waals surface area contributed by atoms with Crippen LogP contribution in [-0.2, 0) is 9.47 Å². The lowest BCUT2D eigenvalue weighted by Crippen LogP contribution is -2.36. The molecule has 0 aliphatic carbocycles. The molecule has 5 heteroatoms. The molecule has 26 heavy (non-hydrogen) atoms. The highest BCUT2D eigenvalue weighted by atomic mass is 16.5. The van der Waals surface area contributed by atoms with E-state index < -0.39 is 0 Å². The Labute approximate surface area is 153 Å². The Balaban J connectivity index is 2.01. The zero-order chi connectivity index (χ0) is 18.4. The summed E-state index contributed by atoms with van der Waals surface area (Å²) in [4.78, 5) is 14.5. The molecule has 0 unspecified atom stereocenters. The monoisotopic (exact) mass is 353 g/mol. The molecule has 136 valence electrons. The third-order valence-electron chi connectivity index (χ3n) is 4.38. The third kappa shape index (κ3) is 4.06. The number of morpholine rings is 1. The first-order valence-electron chi connectivity index (χ1n) is 8.59. The Morgan fingerprint density at radius 3 is 2.58 bits per heavy atom. The molecule has 0 aromatic heterocycles. The van der Waals surface area contributed by atoms with Gasteiger partial charge in [0.25, 0.3) is 0 Å². The predicted molar refractivity (Wildman–Crippen MR) is 103 cm³/mol. The second-order valence-electron chi connectivity index (χ2n) is 5.94. The number of carbonyl (C=O) groups is 1. The summed E-state index contributed by atoms with van der Waals surface area (Å²) >= 11 is 0. The van der Waals surface area contributed by atoms with Crippen LogP contribution in [0.3, 0.4) is 0 Å². The van der Waals surface area contributed by atoms with Gasteiger partial charge in [-0.3, -0.25) is 0 Å². The van der Waals surface area contributed by atoms with E-state index in [0.29, 0.717) is 18.8 Å². The van der Waals surface area contributed by atoms with Crippen molar-refractivity contribution in [2.45, 2.75) is 0 Å². The number of nitrogens with zero attached hydrogens (tertiary/aromatic N) is 1. The van der Waals surface area contributed by atoms with Gasteiger partial charge in [-0.2, -0.15) is 0 Å². The van der Waals surface area contributed by atoms with Crippen molar-refractivity contribution < 1.29 is 19.0 Å². The molecular weight excluding hydrogens is 330 g/mol. The lowest BCUT2D eigenvalue weighted by Gasteiger charge is -2.30. The van der Waals surface area contributed by atoms with Gasteiger partial charge in [-0.15, -0.1) is 0 Å². The number of methoxy groups -OCH3 is 2. The van der Waals surface area contributed by atoms with E-state index in [1.54, 1.807) is 13.2 Å². The molecular formula is C21H23NO4. The molecule has 1 aliphatic rings. The minimum atomic E-state index is -0.342. The molecule has 3 rings (SSSR count). The summed E-state index contributed by atoms with van der Waals surface area (Å²) in [7, 11) is 3.05. The van der Waals surface area contributed by atoms with Gasteiger partial charge in [-0.25, -0.2) is 4.79 Å². The van der Waals surface area contributed by atoms with Gasteiger partial charge in [0.1, 0.15) is 5.75 Å². The second-order valence-corrected chi connectivity index (χ2v) is 5.94. The van der Waals surface area contributed by atoms with Crippen LogP contribution < -0.4 is 9.64 Å². The molecule has 0 N–H and O–H groups in total. The van der Waals surface area contributed by atoms with Gasteiger partial charge in [0, 0.05) is 24.3 Å². The Bertz CT molecular complexity index is 794. The maximum Gasteiger partial charge on any atom is 0.338 e. The highest BCUT2D eigenvalue weighted by Gasteiger charge is 2.19. The molecule has 0 radical (unpaired) electrons. The Kier molecular flexibility index (Phi) is 5.92. The molecule has 0 saturated carbocycles. The van der Waals surface area contributed by atoms with E-state index in [1.807, 2.05) is 48.6 Å². The standard InChI is InChI=1S/C21H23NO4/c1-24-17-6-3-5-16(15-17)9-10-18-19(21(23)25-2)7-4-8-20(18)22-11-13-26-14-12-22/h3-10,15H,11-14H2,1-2H3. The van der Waals surface area contributed by atoms with Crippen LogP contribution in [0.1, 0.15) is 21.5 Å². The molecule has 0 bridgehead atoms.